The minimum absolute atomic E-state index is 0.0687. The van der Waals surface area contributed by atoms with Crippen molar-refractivity contribution in [1.82, 2.24) is 4.90 Å². The van der Waals surface area contributed by atoms with Crippen LogP contribution in [0.4, 0.5) is 0 Å². The fraction of sp³-hybridized carbons (Fsp3) is 0.429. The highest BCUT2D eigenvalue weighted by Gasteiger charge is 2.42. The number of primary amides is 1. The summed E-state index contributed by atoms with van der Waals surface area (Å²) in [5.74, 6) is -0.274. The minimum atomic E-state index is -0.684. The van der Waals surface area contributed by atoms with Gasteiger partial charge in [-0.2, -0.15) is 0 Å². The van der Waals surface area contributed by atoms with Crippen LogP contribution in [0.1, 0.15) is 32.3 Å². The molecule has 3 rings (SSSR count). The number of nitrogens with zero attached hydrogens (tertiary/aromatic N) is 1. The Hall–Kier alpha value is -2.14. The molecule has 2 amide bonds. The van der Waals surface area contributed by atoms with Crippen molar-refractivity contribution in [3.8, 4) is 10.4 Å². The fourth-order valence-corrected chi connectivity index (χ4v) is 4.51. The van der Waals surface area contributed by atoms with Crippen LogP contribution in [0.3, 0.4) is 0 Å². The first-order chi connectivity index (χ1) is 12.4. The van der Waals surface area contributed by atoms with Crippen LogP contribution < -0.4 is 5.73 Å². The molecule has 4 nitrogen and oxygen atoms in total. The van der Waals surface area contributed by atoms with Gasteiger partial charge in [0, 0.05) is 23.9 Å². The normalized spacial score (nSPS) is 20.3. The van der Waals surface area contributed by atoms with Crippen LogP contribution in [0.15, 0.2) is 41.8 Å². The summed E-state index contributed by atoms with van der Waals surface area (Å²) < 4.78 is 0. The Bertz CT molecular complexity index is 785. The maximum Gasteiger partial charge on any atom is 0.225 e. The Morgan fingerprint density at radius 2 is 2.08 bits per heavy atom. The molecule has 1 aromatic heterocycles. The minimum Gasteiger partial charge on any atom is -0.369 e. The van der Waals surface area contributed by atoms with Crippen molar-refractivity contribution in [3.05, 3.63) is 47.3 Å². The molecular formula is C21H26N2O2S. The molecule has 0 aliphatic carbocycles. The Balaban J connectivity index is 1.86. The Morgan fingerprint density at radius 1 is 1.27 bits per heavy atom. The highest BCUT2D eigenvalue weighted by molar-refractivity contribution is 7.13. The third kappa shape index (κ3) is 3.83. The van der Waals surface area contributed by atoms with Crippen LogP contribution in [0.5, 0.6) is 0 Å². The highest BCUT2D eigenvalue weighted by Crippen LogP contribution is 2.35. The van der Waals surface area contributed by atoms with E-state index in [1.54, 1.807) is 11.3 Å². The average Bonchev–Trinajstić information content (AvgIpc) is 3.16. The van der Waals surface area contributed by atoms with Crippen molar-refractivity contribution in [2.45, 2.75) is 33.1 Å². The zero-order valence-corrected chi connectivity index (χ0v) is 16.2. The van der Waals surface area contributed by atoms with Crippen LogP contribution in [-0.2, 0) is 16.0 Å². The molecule has 0 spiro atoms. The van der Waals surface area contributed by atoms with Gasteiger partial charge in [-0.25, -0.2) is 0 Å². The van der Waals surface area contributed by atoms with Gasteiger partial charge in [-0.1, -0.05) is 44.2 Å². The van der Waals surface area contributed by atoms with E-state index in [0.29, 0.717) is 19.5 Å². The van der Waals surface area contributed by atoms with Crippen molar-refractivity contribution >= 4 is 23.2 Å². The number of nitrogens with two attached hydrogens (primary N) is 1. The third-order valence-corrected chi connectivity index (χ3v) is 6.10. The fourth-order valence-electron chi connectivity index (χ4n) is 3.79. The van der Waals surface area contributed by atoms with Gasteiger partial charge in [-0.05, 0) is 41.8 Å². The highest BCUT2D eigenvalue weighted by atomic mass is 32.1. The monoisotopic (exact) mass is 370 g/mol. The summed E-state index contributed by atoms with van der Waals surface area (Å²) in [6.07, 6.45) is 2.11. The van der Waals surface area contributed by atoms with Crippen molar-refractivity contribution < 1.29 is 9.59 Å². The second-order valence-corrected chi connectivity index (χ2v) is 8.46. The Morgan fingerprint density at radius 3 is 2.73 bits per heavy atom. The van der Waals surface area contributed by atoms with Gasteiger partial charge in [0.1, 0.15) is 0 Å². The molecule has 26 heavy (non-hydrogen) atoms. The maximum atomic E-state index is 12.4. The molecule has 1 aromatic carbocycles. The van der Waals surface area contributed by atoms with Gasteiger partial charge in [-0.3, -0.25) is 9.59 Å². The summed E-state index contributed by atoms with van der Waals surface area (Å²) in [5.41, 5.74) is 7.41. The summed E-state index contributed by atoms with van der Waals surface area (Å²) in [6.45, 7) is 4.92. The van der Waals surface area contributed by atoms with Crippen molar-refractivity contribution in [2.75, 3.05) is 13.1 Å². The van der Waals surface area contributed by atoms with E-state index < -0.39 is 5.41 Å². The summed E-state index contributed by atoms with van der Waals surface area (Å²) in [5, 5.41) is 2.06. The van der Waals surface area contributed by atoms with E-state index >= 15 is 0 Å². The average molecular weight is 371 g/mol. The number of hydrogen-bond donors (Lipinski definition) is 1. The van der Waals surface area contributed by atoms with E-state index in [1.807, 2.05) is 36.9 Å². The number of benzene rings is 1. The first kappa shape index (κ1) is 18.6. The van der Waals surface area contributed by atoms with E-state index in [-0.39, 0.29) is 17.7 Å². The first-order valence-corrected chi connectivity index (χ1v) is 10.0. The second kappa shape index (κ2) is 7.62. The smallest absolute Gasteiger partial charge is 0.225 e. The number of carbonyl (C=O) groups excluding carboxylic acids is 2. The molecule has 1 fully saturated rings. The van der Waals surface area contributed by atoms with E-state index in [4.69, 9.17) is 5.73 Å². The summed E-state index contributed by atoms with van der Waals surface area (Å²) >= 11 is 1.70. The topological polar surface area (TPSA) is 63.4 Å². The zero-order chi connectivity index (χ0) is 18.7. The molecule has 1 atom stereocenters. The van der Waals surface area contributed by atoms with Gasteiger partial charge in [0.2, 0.25) is 11.8 Å². The zero-order valence-electron chi connectivity index (χ0n) is 15.4. The Labute approximate surface area is 159 Å². The molecule has 5 heteroatoms. The molecule has 0 radical (unpaired) electrons. The largest absolute Gasteiger partial charge is 0.369 e. The van der Waals surface area contributed by atoms with E-state index in [1.165, 1.54) is 4.88 Å². The van der Waals surface area contributed by atoms with E-state index in [0.717, 1.165) is 24.0 Å². The molecule has 2 aromatic rings. The lowest BCUT2D eigenvalue weighted by molar-refractivity contribution is -0.142. The van der Waals surface area contributed by atoms with Gasteiger partial charge < -0.3 is 10.6 Å². The van der Waals surface area contributed by atoms with Crippen LogP contribution in [0.25, 0.3) is 10.4 Å². The van der Waals surface area contributed by atoms with Crippen molar-refractivity contribution in [3.63, 3.8) is 0 Å². The predicted molar refractivity (Wildman–Crippen MR) is 106 cm³/mol. The van der Waals surface area contributed by atoms with Gasteiger partial charge >= 0.3 is 0 Å². The number of thiophene rings is 1. The van der Waals surface area contributed by atoms with Crippen LogP contribution in [0, 0.1) is 11.3 Å². The van der Waals surface area contributed by atoms with Crippen LogP contribution >= 0.6 is 11.3 Å². The molecule has 0 unspecified atom stereocenters. The first-order valence-electron chi connectivity index (χ1n) is 9.13. The van der Waals surface area contributed by atoms with Gasteiger partial charge in [-0.15, -0.1) is 11.3 Å². The molecule has 2 N–H and O–H groups in total. The van der Waals surface area contributed by atoms with Gasteiger partial charge in [0.05, 0.1) is 5.41 Å². The lowest BCUT2D eigenvalue weighted by atomic mass is 9.74. The predicted octanol–water partition coefficient (Wildman–Crippen LogP) is 3.71. The number of hydrogen-bond acceptors (Lipinski definition) is 3. The third-order valence-electron chi connectivity index (χ3n) is 5.18. The van der Waals surface area contributed by atoms with Crippen molar-refractivity contribution in [2.24, 2.45) is 17.1 Å². The number of carbonyl (C=O) groups is 2. The molecular weight excluding hydrogens is 344 g/mol. The van der Waals surface area contributed by atoms with E-state index in [9.17, 15) is 9.59 Å². The number of piperidine rings is 1. The molecule has 1 saturated heterocycles. The van der Waals surface area contributed by atoms with Crippen LogP contribution in [-0.4, -0.2) is 29.8 Å². The number of amides is 2. The molecule has 1 aliphatic rings. The summed E-state index contributed by atoms with van der Waals surface area (Å²) in [4.78, 5) is 27.9. The van der Waals surface area contributed by atoms with Gasteiger partial charge in [0.15, 0.2) is 0 Å². The number of rotatable bonds is 5. The quantitative estimate of drug-likeness (QED) is 0.872. The molecule has 0 bridgehead atoms. The maximum absolute atomic E-state index is 12.4. The van der Waals surface area contributed by atoms with Crippen molar-refractivity contribution in [1.29, 1.82) is 0 Å². The molecule has 0 saturated carbocycles. The van der Waals surface area contributed by atoms with E-state index in [2.05, 4.69) is 23.6 Å². The Kier molecular flexibility index (Phi) is 5.47. The lowest BCUT2D eigenvalue weighted by Crippen LogP contribution is -2.54. The standard InChI is InChI=1S/C21H26N2O2S/c1-15(2)19(24)23-10-5-9-21(14-23,20(22)25)13-16-6-3-7-17(12-16)18-8-4-11-26-18/h3-4,6-8,11-12,15H,5,9-10,13-14H2,1-2H3,(H2,22,25)/t21-/m1/s1. The molecule has 2 heterocycles. The SMILES string of the molecule is CC(C)C(=O)N1CCC[C@](Cc2cccc(-c3cccs3)c2)(C(N)=O)C1. The lowest BCUT2D eigenvalue weighted by Gasteiger charge is -2.41. The molecule has 1 aliphatic heterocycles. The van der Waals surface area contributed by atoms with Crippen LogP contribution in [0.2, 0.25) is 0 Å². The number of likely N-dealkylation sites (tertiary alicyclic amines) is 1. The summed E-state index contributed by atoms with van der Waals surface area (Å²) in [6, 6.07) is 12.4. The van der Waals surface area contributed by atoms with Gasteiger partial charge in [0.25, 0.3) is 0 Å². The molecule has 138 valence electrons. The second-order valence-electron chi connectivity index (χ2n) is 7.52. The summed E-state index contributed by atoms with van der Waals surface area (Å²) in [7, 11) is 0.